The Morgan fingerprint density at radius 3 is 3.05 bits per heavy atom. The molecule has 5 nitrogen and oxygen atoms in total. The number of hydrogen-bond donors (Lipinski definition) is 1. The minimum atomic E-state index is 0.101. The van der Waals surface area contributed by atoms with Crippen LogP contribution in [0, 0.1) is 0 Å². The van der Waals surface area contributed by atoms with E-state index in [1.165, 1.54) is 31.0 Å². The molecule has 6 heteroatoms. The maximum absolute atomic E-state index is 12.0. The van der Waals surface area contributed by atoms with E-state index in [4.69, 9.17) is 4.42 Å². The Balaban J connectivity index is 1.49. The molecule has 0 spiro atoms. The Kier molecular flexibility index (Phi) is 5.21. The van der Waals surface area contributed by atoms with Crippen LogP contribution in [-0.2, 0) is 11.3 Å². The summed E-state index contributed by atoms with van der Waals surface area (Å²) in [5.74, 6) is 1.39. The van der Waals surface area contributed by atoms with Gasteiger partial charge in [0.1, 0.15) is 5.76 Å². The van der Waals surface area contributed by atoms with E-state index >= 15 is 0 Å². The maximum Gasteiger partial charge on any atom is 0.230 e. The van der Waals surface area contributed by atoms with Gasteiger partial charge in [-0.1, -0.05) is 31.0 Å². The summed E-state index contributed by atoms with van der Waals surface area (Å²) in [5.41, 5.74) is 0. The summed E-state index contributed by atoms with van der Waals surface area (Å²) in [5, 5.41) is 3.97. The van der Waals surface area contributed by atoms with E-state index in [9.17, 15) is 4.79 Å². The van der Waals surface area contributed by atoms with Crippen molar-refractivity contribution in [2.24, 2.45) is 0 Å². The van der Waals surface area contributed by atoms with Crippen molar-refractivity contribution in [2.75, 3.05) is 5.75 Å². The second-order valence-corrected chi connectivity index (χ2v) is 6.55. The van der Waals surface area contributed by atoms with Crippen LogP contribution in [0.4, 0.5) is 0 Å². The Morgan fingerprint density at radius 1 is 1.41 bits per heavy atom. The molecule has 1 amide bonds. The van der Waals surface area contributed by atoms with E-state index in [1.807, 2.05) is 22.9 Å². The predicted molar refractivity (Wildman–Crippen MR) is 85.8 cm³/mol. The van der Waals surface area contributed by atoms with E-state index in [0.29, 0.717) is 18.3 Å². The zero-order valence-electron chi connectivity index (χ0n) is 12.5. The lowest BCUT2D eigenvalue weighted by Gasteiger charge is -2.22. The number of nitrogens with one attached hydrogen (secondary N) is 1. The Morgan fingerprint density at radius 2 is 2.27 bits per heavy atom. The first kappa shape index (κ1) is 15.2. The molecule has 2 aromatic rings. The number of aromatic nitrogens is 2. The summed E-state index contributed by atoms with van der Waals surface area (Å²) >= 11 is 1.47. The van der Waals surface area contributed by atoms with Gasteiger partial charge in [-0.15, -0.1) is 0 Å². The molecule has 0 radical (unpaired) electrons. The molecule has 0 bridgehead atoms. The minimum Gasteiger partial charge on any atom is -0.467 e. The number of carbonyl (C=O) groups excluding carboxylic acids is 1. The summed E-state index contributed by atoms with van der Waals surface area (Å²) in [4.78, 5) is 16.4. The fourth-order valence-corrected chi connectivity index (χ4v) is 3.54. The van der Waals surface area contributed by atoms with Gasteiger partial charge in [0.05, 0.1) is 18.6 Å². The van der Waals surface area contributed by atoms with E-state index in [2.05, 4.69) is 10.3 Å². The first-order chi connectivity index (χ1) is 10.8. The van der Waals surface area contributed by atoms with Crippen LogP contribution in [0.3, 0.4) is 0 Å². The zero-order chi connectivity index (χ0) is 15.2. The van der Waals surface area contributed by atoms with Gasteiger partial charge in [0.15, 0.2) is 5.16 Å². The number of imidazole rings is 1. The number of rotatable bonds is 6. The molecular weight excluding hydrogens is 298 g/mol. The molecule has 0 aliphatic heterocycles. The molecule has 1 fully saturated rings. The van der Waals surface area contributed by atoms with Crippen molar-refractivity contribution in [3.63, 3.8) is 0 Å². The van der Waals surface area contributed by atoms with Crippen molar-refractivity contribution in [3.8, 4) is 0 Å². The first-order valence-electron chi connectivity index (χ1n) is 7.77. The van der Waals surface area contributed by atoms with Crippen molar-refractivity contribution in [1.82, 2.24) is 14.9 Å². The van der Waals surface area contributed by atoms with Crippen molar-refractivity contribution in [2.45, 2.75) is 49.8 Å². The van der Waals surface area contributed by atoms with Gasteiger partial charge in [-0.05, 0) is 25.0 Å². The summed E-state index contributed by atoms with van der Waals surface area (Å²) in [6.45, 7) is 0.638. The number of amides is 1. The van der Waals surface area contributed by atoms with Crippen LogP contribution in [-0.4, -0.2) is 27.3 Å². The zero-order valence-corrected chi connectivity index (χ0v) is 13.3. The standard InChI is InChI=1S/C16H21N3O2S/c20-15(18-13-5-2-1-3-6-13)12-22-16-17-8-9-19(16)11-14-7-4-10-21-14/h4,7-10,13H,1-3,5-6,11-12H2,(H,18,20). The SMILES string of the molecule is O=C(CSc1nccn1Cc1ccco1)NC1CCCCC1. The van der Waals surface area contributed by atoms with E-state index in [1.54, 1.807) is 12.5 Å². The fraction of sp³-hybridized carbons (Fsp3) is 0.500. The number of furan rings is 1. The van der Waals surface area contributed by atoms with Crippen LogP contribution < -0.4 is 5.32 Å². The van der Waals surface area contributed by atoms with Crippen LogP contribution in [0.15, 0.2) is 40.4 Å². The lowest BCUT2D eigenvalue weighted by atomic mass is 9.95. The van der Waals surface area contributed by atoms with Crippen molar-refractivity contribution in [1.29, 1.82) is 0 Å². The molecule has 1 aliphatic rings. The molecule has 1 saturated carbocycles. The highest BCUT2D eigenvalue weighted by molar-refractivity contribution is 7.99. The first-order valence-corrected chi connectivity index (χ1v) is 8.75. The van der Waals surface area contributed by atoms with Gasteiger partial charge >= 0.3 is 0 Å². The molecule has 0 atom stereocenters. The quantitative estimate of drug-likeness (QED) is 0.831. The lowest BCUT2D eigenvalue weighted by Crippen LogP contribution is -2.37. The minimum absolute atomic E-state index is 0.101. The molecule has 1 aliphatic carbocycles. The fourth-order valence-electron chi connectivity index (χ4n) is 2.77. The highest BCUT2D eigenvalue weighted by Crippen LogP contribution is 2.19. The monoisotopic (exact) mass is 319 g/mol. The van der Waals surface area contributed by atoms with Crippen molar-refractivity contribution < 1.29 is 9.21 Å². The molecular formula is C16H21N3O2S. The maximum atomic E-state index is 12.0. The molecule has 1 N–H and O–H groups in total. The Hall–Kier alpha value is -1.69. The average Bonchev–Trinajstić information content (AvgIpc) is 3.19. The lowest BCUT2D eigenvalue weighted by molar-refractivity contribution is -0.119. The van der Waals surface area contributed by atoms with Crippen LogP contribution in [0.25, 0.3) is 0 Å². The van der Waals surface area contributed by atoms with Gasteiger partial charge in [-0.3, -0.25) is 4.79 Å². The third kappa shape index (κ3) is 4.16. The molecule has 22 heavy (non-hydrogen) atoms. The smallest absolute Gasteiger partial charge is 0.230 e. The van der Waals surface area contributed by atoms with E-state index in [0.717, 1.165) is 23.8 Å². The third-order valence-corrected chi connectivity index (χ3v) is 4.89. The molecule has 2 aromatic heterocycles. The van der Waals surface area contributed by atoms with Gasteiger partial charge in [0, 0.05) is 18.4 Å². The van der Waals surface area contributed by atoms with Crippen LogP contribution in [0.1, 0.15) is 37.9 Å². The summed E-state index contributed by atoms with van der Waals surface area (Å²) in [7, 11) is 0. The average molecular weight is 319 g/mol. The van der Waals surface area contributed by atoms with Crippen LogP contribution in [0.2, 0.25) is 0 Å². The second kappa shape index (κ2) is 7.54. The van der Waals surface area contributed by atoms with Gasteiger partial charge in [-0.25, -0.2) is 4.98 Å². The molecule has 3 rings (SSSR count). The molecule has 0 unspecified atom stereocenters. The summed E-state index contributed by atoms with van der Waals surface area (Å²) in [6.07, 6.45) is 11.3. The summed E-state index contributed by atoms with van der Waals surface area (Å²) < 4.78 is 7.35. The van der Waals surface area contributed by atoms with E-state index < -0.39 is 0 Å². The number of hydrogen-bond acceptors (Lipinski definition) is 4. The molecule has 118 valence electrons. The summed E-state index contributed by atoms with van der Waals surface area (Å²) in [6, 6.07) is 4.17. The highest BCUT2D eigenvalue weighted by atomic mass is 32.2. The van der Waals surface area contributed by atoms with Gasteiger partial charge in [0.2, 0.25) is 5.91 Å². The number of thioether (sulfide) groups is 1. The molecule has 0 aromatic carbocycles. The van der Waals surface area contributed by atoms with Crippen molar-refractivity contribution >= 4 is 17.7 Å². The van der Waals surface area contributed by atoms with E-state index in [-0.39, 0.29) is 5.91 Å². The van der Waals surface area contributed by atoms with Crippen molar-refractivity contribution in [3.05, 3.63) is 36.5 Å². The Bertz CT molecular complexity index is 588. The Labute approximate surface area is 134 Å². The predicted octanol–water partition coefficient (Wildman–Crippen LogP) is 3.07. The van der Waals surface area contributed by atoms with Gasteiger partial charge in [-0.2, -0.15) is 0 Å². The largest absolute Gasteiger partial charge is 0.467 e. The number of nitrogens with zero attached hydrogens (tertiary/aromatic N) is 2. The molecule has 2 heterocycles. The number of carbonyl (C=O) groups is 1. The van der Waals surface area contributed by atoms with Crippen LogP contribution in [0.5, 0.6) is 0 Å². The topological polar surface area (TPSA) is 60.1 Å². The second-order valence-electron chi connectivity index (χ2n) is 5.61. The third-order valence-electron chi connectivity index (χ3n) is 3.89. The van der Waals surface area contributed by atoms with Gasteiger partial charge < -0.3 is 14.3 Å². The van der Waals surface area contributed by atoms with Crippen LogP contribution >= 0.6 is 11.8 Å². The van der Waals surface area contributed by atoms with Gasteiger partial charge in [0.25, 0.3) is 0 Å². The highest BCUT2D eigenvalue weighted by Gasteiger charge is 2.16. The normalized spacial score (nSPS) is 15.8. The molecule has 0 saturated heterocycles.